The van der Waals surface area contributed by atoms with E-state index in [1.165, 1.54) is 28.8 Å². The number of aryl methyl sites for hydroxylation is 1. The summed E-state index contributed by atoms with van der Waals surface area (Å²) in [4.78, 5) is 62.0. The third kappa shape index (κ3) is 11.9. The number of nitrogens with zero attached hydrogens (tertiary/aromatic N) is 4. The average molecular weight is 806 g/mol. The summed E-state index contributed by atoms with van der Waals surface area (Å²) in [7, 11) is 1.43. The number of piperazine rings is 1. The number of fused-ring (bicyclic) bond motifs is 3. The van der Waals surface area contributed by atoms with Crippen molar-refractivity contribution in [1.82, 2.24) is 30.3 Å². The highest BCUT2D eigenvalue weighted by molar-refractivity contribution is 6.04. The molecule has 3 N–H and O–H groups in total. The van der Waals surface area contributed by atoms with Gasteiger partial charge in [-0.1, -0.05) is 30.4 Å². The summed E-state index contributed by atoms with van der Waals surface area (Å²) in [6.07, 6.45) is 19.0. The van der Waals surface area contributed by atoms with Crippen LogP contribution in [0.5, 0.6) is 5.75 Å². The fourth-order valence-corrected chi connectivity index (χ4v) is 7.88. The van der Waals surface area contributed by atoms with E-state index in [1.54, 1.807) is 25.1 Å². The van der Waals surface area contributed by atoms with Crippen LogP contribution in [0.2, 0.25) is 0 Å². The number of hydrogen-bond donors (Lipinski definition) is 3. The molecule has 1 saturated heterocycles. The molecule has 2 aromatic carbocycles. The Morgan fingerprint density at radius 1 is 1.00 bits per heavy atom. The zero-order valence-electron chi connectivity index (χ0n) is 34.5. The monoisotopic (exact) mass is 805 g/mol. The Hall–Kier alpha value is -5.37. The van der Waals surface area contributed by atoms with Crippen molar-refractivity contribution in [2.45, 2.75) is 64.0 Å². The number of aliphatic imine (C=N–C) groups is 1. The first-order chi connectivity index (χ1) is 28.9. The first kappa shape index (κ1) is 43.2. The minimum Gasteiger partial charge on any atom is -0.494 e. The highest BCUT2D eigenvalue weighted by Gasteiger charge is 2.30. The first-order valence-corrected chi connectivity index (χ1v) is 21.0. The van der Waals surface area contributed by atoms with E-state index >= 15 is 0 Å². The SMILES string of the molecule is CNC(=O)C(CCC=O)N(C=O)C(=O)c1ccc(OCCCCCN2CCN(CCOCCCC3C=CC(c4ccc5c6c([nH]c5c4)=CC=NCC=6)=CN3)CC2)cc1C. The molecule has 0 aliphatic carbocycles. The van der Waals surface area contributed by atoms with E-state index in [0.717, 1.165) is 100 Å². The number of H-pyrrole nitrogens is 1. The fourth-order valence-electron chi connectivity index (χ4n) is 7.88. The number of aromatic amines is 1. The van der Waals surface area contributed by atoms with Crippen molar-refractivity contribution in [2.24, 2.45) is 4.99 Å². The Morgan fingerprint density at radius 2 is 1.83 bits per heavy atom. The molecular weight excluding hydrogens is 747 g/mol. The number of imide groups is 1. The van der Waals surface area contributed by atoms with Crippen molar-refractivity contribution in [3.05, 3.63) is 82.0 Å². The molecule has 3 amide bonds. The summed E-state index contributed by atoms with van der Waals surface area (Å²) in [6.45, 7) is 10.9. The second-order valence-corrected chi connectivity index (χ2v) is 15.3. The molecule has 0 saturated carbocycles. The maximum atomic E-state index is 13.2. The van der Waals surface area contributed by atoms with E-state index in [1.807, 2.05) is 12.3 Å². The summed E-state index contributed by atoms with van der Waals surface area (Å²) in [6, 6.07) is 11.0. The Kier molecular flexibility index (Phi) is 16.2. The number of carbonyl (C=O) groups is 4. The minimum absolute atomic E-state index is 0.0546. The molecular formula is C46H59N7O6. The Labute approximate surface area is 346 Å². The largest absolute Gasteiger partial charge is 0.494 e. The van der Waals surface area contributed by atoms with Crippen molar-refractivity contribution in [3.63, 3.8) is 0 Å². The van der Waals surface area contributed by atoms with Gasteiger partial charge in [0.1, 0.15) is 18.1 Å². The molecule has 2 unspecified atom stereocenters. The molecule has 13 nitrogen and oxygen atoms in total. The normalized spacial score (nSPS) is 17.1. The summed E-state index contributed by atoms with van der Waals surface area (Å²) in [5.41, 5.74) is 4.47. The smallest absolute Gasteiger partial charge is 0.261 e. The second kappa shape index (κ2) is 22.1. The van der Waals surface area contributed by atoms with Gasteiger partial charge in [-0.15, -0.1) is 0 Å². The van der Waals surface area contributed by atoms with E-state index in [-0.39, 0.29) is 12.8 Å². The molecule has 1 aromatic heterocycles. The predicted octanol–water partition coefficient (Wildman–Crippen LogP) is 3.35. The van der Waals surface area contributed by atoms with Gasteiger partial charge in [0.15, 0.2) is 0 Å². The quantitative estimate of drug-likeness (QED) is 0.103. The van der Waals surface area contributed by atoms with Crippen molar-refractivity contribution < 1.29 is 28.7 Å². The van der Waals surface area contributed by atoms with Crippen LogP contribution in [0, 0.1) is 6.92 Å². The molecule has 3 aliphatic rings. The Morgan fingerprint density at radius 3 is 2.58 bits per heavy atom. The van der Waals surface area contributed by atoms with Gasteiger partial charge in [0.2, 0.25) is 12.3 Å². The third-order valence-corrected chi connectivity index (χ3v) is 11.3. The number of benzene rings is 2. The van der Waals surface area contributed by atoms with E-state index in [9.17, 15) is 19.2 Å². The average Bonchev–Trinajstić information content (AvgIpc) is 3.44. The number of amides is 3. The zero-order valence-corrected chi connectivity index (χ0v) is 34.5. The number of likely N-dealkylation sites (N-methyl/N-ethyl adjacent to an activating group) is 1. The molecule has 314 valence electrons. The van der Waals surface area contributed by atoms with E-state index in [4.69, 9.17) is 9.47 Å². The lowest BCUT2D eigenvalue weighted by Crippen LogP contribution is -2.48. The van der Waals surface area contributed by atoms with Crippen LogP contribution < -0.4 is 25.9 Å². The van der Waals surface area contributed by atoms with Gasteiger partial charge in [-0.2, -0.15) is 0 Å². The van der Waals surface area contributed by atoms with Gasteiger partial charge in [0.25, 0.3) is 5.91 Å². The number of aldehydes is 1. The van der Waals surface area contributed by atoms with Crippen molar-refractivity contribution in [3.8, 4) is 5.75 Å². The van der Waals surface area contributed by atoms with Crippen LogP contribution in [-0.4, -0.2) is 135 Å². The molecule has 13 heteroatoms. The van der Waals surface area contributed by atoms with Gasteiger partial charge in [-0.05, 0) is 99.0 Å². The highest BCUT2D eigenvalue weighted by Crippen LogP contribution is 2.23. The second-order valence-electron chi connectivity index (χ2n) is 15.3. The Balaban J connectivity index is 0.790. The number of ether oxygens (including phenoxy) is 2. The van der Waals surface area contributed by atoms with E-state index in [0.29, 0.717) is 48.8 Å². The molecule has 2 atom stereocenters. The number of hydrogen-bond acceptors (Lipinski definition) is 10. The van der Waals surface area contributed by atoms with Gasteiger partial charge in [0.05, 0.1) is 19.8 Å². The lowest BCUT2D eigenvalue weighted by Gasteiger charge is -2.34. The van der Waals surface area contributed by atoms with Gasteiger partial charge in [-0.25, -0.2) is 0 Å². The summed E-state index contributed by atoms with van der Waals surface area (Å²) < 4.78 is 12.0. The maximum Gasteiger partial charge on any atom is 0.261 e. The van der Waals surface area contributed by atoms with Crippen LogP contribution >= 0.6 is 0 Å². The molecule has 3 aliphatic heterocycles. The first-order valence-electron chi connectivity index (χ1n) is 21.0. The van der Waals surface area contributed by atoms with Crippen LogP contribution in [0.1, 0.15) is 66.4 Å². The number of carbonyl (C=O) groups excluding carboxylic acids is 4. The molecule has 4 heterocycles. The lowest BCUT2D eigenvalue weighted by molar-refractivity contribution is -0.131. The van der Waals surface area contributed by atoms with Crippen molar-refractivity contribution >= 4 is 59.4 Å². The van der Waals surface area contributed by atoms with Crippen LogP contribution in [0.4, 0.5) is 0 Å². The molecule has 59 heavy (non-hydrogen) atoms. The van der Waals surface area contributed by atoms with Gasteiger partial charge >= 0.3 is 0 Å². The summed E-state index contributed by atoms with van der Waals surface area (Å²) in [5.74, 6) is -0.441. The third-order valence-electron chi connectivity index (χ3n) is 11.3. The standard InChI is InChI=1S/C46H59N7O6/c1-34-30-38(13-15-39(34)46(57)53(33-55)44(9-6-26-54)45(56)47-2)59-28-5-3-4-20-51-21-23-52(24-22-51)25-29-58-27-7-8-37-12-10-36(32-49-37)35-11-14-40-41-16-18-48-19-17-42(41)50-43(40)31-35/h10-17,19,26,30-33,37,44,49-50H,3-9,18,20-25,27-29H2,1-2H3,(H,47,56). The molecule has 0 bridgehead atoms. The van der Waals surface area contributed by atoms with Crippen LogP contribution in [0.3, 0.4) is 0 Å². The predicted molar refractivity (Wildman–Crippen MR) is 233 cm³/mol. The number of rotatable bonds is 22. The summed E-state index contributed by atoms with van der Waals surface area (Å²) in [5, 5.41) is 9.62. The summed E-state index contributed by atoms with van der Waals surface area (Å²) >= 11 is 0. The fraction of sp³-hybridized carbons (Fsp3) is 0.457. The topological polar surface area (TPSA) is 149 Å². The number of allylic oxidation sites excluding steroid dienone is 2. The Bertz CT molecular complexity index is 2130. The lowest BCUT2D eigenvalue weighted by atomic mass is 10.00. The van der Waals surface area contributed by atoms with Crippen molar-refractivity contribution in [2.75, 3.05) is 72.7 Å². The van der Waals surface area contributed by atoms with E-state index < -0.39 is 17.9 Å². The molecule has 1 fully saturated rings. The van der Waals surface area contributed by atoms with Crippen molar-refractivity contribution in [1.29, 1.82) is 0 Å². The number of dihydropyridines is 1. The molecule has 6 rings (SSSR count). The maximum absolute atomic E-state index is 13.2. The van der Waals surface area contributed by atoms with Gasteiger partial charge < -0.3 is 34.8 Å². The number of nitrogens with one attached hydrogen (secondary N) is 3. The number of unbranched alkanes of at least 4 members (excludes halogenated alkanes) is 2. The molecule has 0 spiro atoms. The minimum atomic E-state index is -1.06. The van der Waals surface area contributed by atoms with Crippen LogP contribution in [-0.2, 0) is 19.1 Å². The molecule has 0 radical (unpaired) electrons. The van der Waals surface area contributed by atoms with E-state index in [2.05, 4.69) is 73.0 Å². The van der Waals surface area contributed by atoms with Gasteiger partial charge in [-0.3, -0.25) is 29.2 Å². The zero-order chi connectivity index (χ0) is 41.4. The van der Waals surface area contributed by atoms with Crippen LogP contribution in [0.25, 0.3) is 28.6 Å². The highest BCUT2D eigenvalue weighted by atomic mass is 16.5. The molecule has 3 aromatic rings. The number of aromatic nitrogens is 1. The van der Waals surface area contributed by atoms with Crippen LogP contribution in [0.15, 0.2) is 59.7 Å². The van der Waals surface area contributed by atoms with Gasteiger partial charge in [0, 0.05) is 98.3 Å².